The molecular formula is C51H67FN12O7S2. The second kappa shape index (κ2) is 29.7. The van der Waals surface area contributed by atoms with Crippen molar-refractivity contribution in [1.29, 1.82) is 0 Å². The number of fused-ring (bicyclic) bond motifs is 3. The minimum absolute atomic E-state index is 0.230. The number of imidazole rings is 3. The molecule has 3 aromatic heterocycles. The summed E-state index contributed by atoms with van der Waals surface area (Å²) in [7, 11) is 11.7. The van der Waals surface area contributed by atoms with E-state index in [-0.39, 0.29) is 11.7 Å². The van der Waals surface area contributed by atoms with Crippen LogP contribution in [-0.4, -0.2) is 162 Å². The number of amides is 3. The summed E-state index contributed by atoms with van der Waals surface area (Å²) in [6.45, 7) is 7.75. The summed E-state index contributed by atoms with van der Waals surface area (Å²) < 4.78 is 28.3. The van der Waals surface area contributed by atoms with Crippen molar-refractivity contribution in [2.24, 2.45) is 0 Å². The van der Waals surface area contributed by atoms with Crippen molar-refractivity contribution in [1.82, 2.24) is 44.6 Å². The highest BCUT2D eigenvalue weighted by atomic mass is 32.2. The Kier molecular flexibility index (Phi) is 23.3. The Balaban J connectivity index is 0.000000205. The van der Waals surface area contributed by atoms with Gasteiger partial charge in [-0.2, -0.15) is 0 Å². The molecule has 0 unspecified atom stereocenters. The third kappa shape index (κ3) is 20.0. The van der Waals surface area contributed by atoms with Gasteiger partial charge in [0, 0.05) is 40.6 Å². The van der Waals surface area contributed by atoms with E-state index < -0.39 is 24.1 Å². The van der Waals surface area contributed by atoms with Crippen molar-refractivity contribution in [3.63, 3.8) is 0 Å². The number of hydrogen-bond acceptors (Lipinski definition) is 15. The van der Waals surface area contributed by atoms with Gasteiger partial charge < -0.3 is 43.9 Å². The third-order valence-corrected chi connectivity index (χ3v) is 12.5. The summed E-state index contributed by atoms with van der Waals surface area (Å²) in [5, 5.41) is 7.79. The topological polar surface area (TPSA) is 228 Å². The minimum atomic E-state index is -0.597. The maximum absolute atomic E-state index is 13.0. The van der Waals surface area contributed by atoms with Crippen LogP contribution in [0.25, 0.3) is 33.1 Å². The van der Waals surface area contributed by atoms with Crippen molar-refractivity contribution in [3.8, 4) is 0 Å². The van der Waals surface area contributed by atoms with Gasteiger partial charge in [0.25, 0.3) is 0 Å². The van der Waals surface area contributed by atoms with E-state index >= 15 is 0 Å². The van der Waals surface area contributed by atoms with Gasteiger partial charge >= 0.3 is 18.3 Å². The van der Waals surface area contributed by atoms with Crippen LogP contribution in [0.5, 0.6) is 0 Å². The van der Waals surface area contributed by atoms with Gasteiger partial charge in [-0.05, 0) is 158 Å². The molecule has 0 radical (unpaired) electrons. The van der Waals surface area contributed by atoms with E-state index in [1.165, 1.54) is 34.1 Å². The van der Waals surface area contributed by atoms with Gasteiger partial charge in [0.1, 0.15) is 12.4 Å². The maximum atomic E-state index is 13.0. The van der Waals surface area contributed by atoms with Crippen LogP contribution in [-0.2, 0) is 14.2 Å². The fraction of sp³-hybridized carbons (Fsp3) is 0.392. The molecule has 0 saturated carbocycles. The largest absolute Gasteiger partial charge is 0.449 e. The highest BCUT2D eigenvalue weighted by molar-refractivity contribution is 7.99. The van der Waals surface area contributed by atoms with E-state index in [1.807, 2.05) is 106 Å². The normalized spacial score (nSPS) is 11.1. The minimum Gasteiger partial charge on any atom is -0.449 e. The molecule has 0 spiro atoms. The lowest BCUT2D eigenvalue weighted by Gasteiger charge is -2.09. The zero-order valence-electron chi connectivity index (χ0n) is 42.7. The van der Waals surface area contributed by atoms with Crippen molar-refractivity contribution >= 4 is 98.5 Å². The van der Waals surface area contributed by atoms with Crippen LogP contribution in [0.2, 0.25) is 0 Å². The molecule has 19 nitrogen and oxygen atoms in total. The molecule has 7 rings (SSSR count). The van der Waals surface area contributed by atoms with E-state index in [4.69, 9.17) is 14.2 Å². The number of H-pyrrole nitrogens is 3. The molecule has 73 heavy (non-hydrogen) atoms. The number of ether oxygens (including phenoxy) is 3. The Labute approximate surface area is 433 Å². The first kappa shape index (κ1) is 57.2. The quantitative estimate of drug-likeness (QED) is 0.0161. The molecule has 0 saturated heterocycles. The fourth-order valence-corrected chi connectivity index (χ4v) is 8.11. The van der Waals surface area contributed by atoms with Gasteiger partial charge in [0.05, 0.1) is 46.3 Å². The van der Waals surface area contributed by atoms with Gasteiger partial charge in [-0.3, -0.25) is 20.7 Å². The molecule has 392 valence electrons. The number of rotatable bonds is 22. The predicted molar refractivity (Wildman–Crippen MR) is 290 cm³/mol. The highest BCUT2D eigenvalue weighted by Gasteiger charge is 2.14. The average Bonchev–Trinajstić information content (AvgIpc) is 4.08. The molecule has 0 aliphatic carbocycles. The number of likely N-dealkylation sites (N-methyl/N-ethyl adjacent to an activating group) is 1. The second-order valence-electron chi connectivity index (χ2n) is 17.3. The lowest BCUT2D eigenvalue weighted by molar-refractivity contribution is 0.103. The molecule has 7 aromatic rings. The number of ketones is 1. The number of hydrogen-bond donors (Lipinski definition) is 6. The number of halogens is 1. The van der Waals surface area contributed by atoms with Gasteiger partial charge in [0.15, 0.2) is 5.78 Å². The van der Waals surface area contributed by atoms with E-state index in [2.05, 4.69) is 70.7 Å². The zero-order chi connectivity index (χ0) is 52.7. The monoisotopic (exact) mass is 1040 g/mol. The number of carbonyl (C=O) groups is 4. The second-order valence-corrected chi connectivity index (χ2v) is 19.6. The number of aromatic nitrogens is 6. The molecule has 0 bridgehead atoms. The summed E-state index contributed by atoms with van der Waals surface area (Å²) in [5.41, 5.74) is 5.48. The number of carbonyl (C=O) groups excluding carboxylic acids is 4. The lowest BCUT2D eigenvalue weighted by Crippen LogP contribution is -2.22. The molecule has 0 aliphatic rings. The Morgan fingerprint density at radius 3 is 1.32 bits per heavy atom. The molecule has 3 amide bonds. The number of anilines is 3. The van der Waals surface area contributed by atoms with Gasteiger partial charge in [0.2, 0.25) is 17.8 Å². The molecule has 22 heteroatoms. The van der Waals surface area contributed by atoms with Crippen molar-refractivity contribution in [2.75, 3.05) is 109 Å². The van der Waals surface area contributed by atoms with Crippen LogP contribution < -0.4 is 16.0 Å². The standard InChI is InChI=1S/C20H21FN4O3.C16H24N4O2S.C15H22N4O2S/c1-25(2)10-3-11-28-20(27)24-19-22-16-9-6-14(12-17(16)23-19)18(26)13-4-7-15(21)8-5-13;1-4-10-23-12-6-7-13-14(11-12)18-15(17-13)19-16(21)22-9-5-8-20(2)3;1-4-9-22-11-5-6-12-13(10-11)17-14(16-12)18-15(20)21-8-7-19(2)3/h4-9,12H,3,10-11H2,1-2H3,(H2,22,23,24,27);6-7,11H,4-5,8-10H2,1-3H3,(H2,17,18,19,21);5-6,10H,4,7-9H2,1-3H3,(H2,16,17,18,20). The number of thioether (sulfide) groups is 2. The number of nitrogens with one attached hydrogen (secondary N) is 6. The zero-order valence-corrected chi connectivity index (χ0v) is 44.4. The van der Waals surface area contributed by atoms with Gasteiger partial charge in [-0.15, -0.1) is 23.5 Å². The van der Waals surface area contributed by atoms with Crippen LogP contribution in [0, 0.1) is 5.82 Å². The fourth-order valence-electron chi connectivity index (χ4n) is 6.50. The SMILES string of the molecule is CCCSc1ccc2nc(NC(=O)OCCCN(C)C)[nH]c2c1.CCCSc1ccc2nc(NC(=O)OCCN(C)C)[nH]c2c1.CN(C)CCCOC(=O)Nc1nc2ccc(C(=O)c3ccc(F)cc3)cc2[nH]1. The van der Waals surface area contributed by atoms with Crippen molar-refractivity contribution < 1.29 is 37.8 Å². The van der Waals surface area contributed by atoms with Crippen LogP contribution in [0.15, 0.2) is 88.7 Å². The first-order chi connectivity index (χ1) is 35.1. The summed E-state index contributed by atoms with van der Waals surface area (Å²) in [6.07, 6.45) is 2.23. The maximum Gasteiger partial charge on any atom is 0.414 e. The van der Waals surface area contributed by atoms with Crippen LogP contribution in [0.3, 0.4) is 0 Å². The molecule has 3 heterocycles. The van der Waals surface area contributed by atoms with Gasteiger partial charge in [-0.1, -0.05) is 13.8 Å². The predicted octanol–water partition coefficient (Wildman–Crippen LogP) is 10.2. The Hall–Kier alpha value is -6.72. The lowest BCUT2D eigenvalue weighted by atomic mass is 10.0. The Morgan fingerprint density at radius 2 is 0.904 bits per heavy atom. The Morgan fingerprint density at radius 1 is 0.521 bits per heavy atom. The van der Waals surface area contributed by atoms with E-state index in [0.717, 1.165) is 72.3 Å². The van der Waals surface area contributed by atoms with Crippen molar-refractivity contribution in [2.45, 2.75) is 49.3 Å². The molecule has 0 aliphatic heterocycles. The number of nitrogens with zero attached hydrogens (tertiary/aromatic N) is 6. The van der Waals surface area contributed by atoms with E-state index in [9.17, 15) is 23.6 Å². The molecule has 0 atom stereocenters. The van der Waals surface area contributed by atoms with E-state index in [0.29, 0.717) is 60.4 Å². The van der Waals surface area contributed by atoms with Crippen molar-refractivity contribution in [3.05, 3.63) is 95.8 Å². The molecule has 0 fully saturated rings. The number of aromatic amines is 3. The molecular weight excluding hydrogens is 976 g/mol. The molecule has 6 N–H and O–H groups in total. The van der Waals surface area contributed by atoms with Crippen LogP contribution in [0.1, 0.15) is 55.5 Å². The summed E-state index contributed by atoms with van der Waals surface area (Å²) in [6, 6.07) is 22.4. The summed E-state index contributed by atoms with van der Waals surface area (Å²) >= 11 is 3.62. The first-order valence-corrected chi connectivity index (χ1v) is 25.9. The highest BCUT2D eigenvalue weighted by Crippen LogP contribution is 2.26. The number of benzene rings is 4. The summed E-state index contributed by atoms with van der Waals surface area (Å²) in [4.78, 5) is 78.2. The third-order valence-electron chi connectivity index (χ3n) is 10.1. The smallest absolute Gasteiger partial charge is 0.414 e. The first-order valence-electron chi connectivity index (χ1n) is 23.9. The van der Waals surface area contributed by atoms with Crippen LogP contribution in [0.4, 0.5) is 36.6 Å². The van der Waals surface area contributed by atoms with Gasteiger partial charge in [-0.25, -0.2) is 33.7 Å². The Bertz CT molecular complexity index is 2850. The average molecular weight is 1040 g/mol. The van der Waals surface area contributed by atoms with E-state index in [1.54, 1.807) is 18.2 Å². The molecule has 4 aromatic carbocycles. The van der Waals surface area contributed by atoms with Crippen LogP contribution >= 0.6 is 23.5 Å². The summed E-state index contributed by atoms with van der Waals surface area (Å²) in [5.74, 6) is 2.60.